The Kier molecular flexibility index (Phi) is 23.0. The maximum atomic E-state index is 12.7. The lowest BCUT2D eigenvalue weighted by Gasteiger charge is -2.43. The molecule has 14 heteroatoms. The van der Waals surface area contributed by atoms with Crippen molar-refractivity contribution < 1.29 is 64.3 Å². The summed E-state index contributed by atoms with van der Waals surface area (Å²) in [6.45, 7) is 9.08. The minimum absolute atomic E-state index is 0.0418. The van der Waals surface area contributed by atoms with Gasteiger partial charge in [-0.2, -0.15) is 0 Å². The van der Waals surface area contributed by atoms with Gasteiger partial charge in [-0.3, -0.25) is 4.79 Å². The van der Waals surface area contributed by atoms with Crippen LogP contribution in [0.2, 0.25) is 0 Å². The second-order valence-corrected chi connectivity index (χ2v) is 17.8. The molecule has 9 N–H and O–H groups in total. The molecule has 3 heterocycles. The molecular formula is C48H75NO13. The molecule has 0 radical (unpaired) electrons. The summed E-state index contributed by atoms with van der Waals surface area (Å²) in [5, 5.41) is 76.1. The second kappa shape index (κ2) is 26.7. The summed E-state index contributed by atoms with van der Waals surface area (Å²) in [4.78, 5) is 24.7. The minimum Gasteiger partial charge on any atom is -0.393 e. The standard InChI is InChI=1S/C48H75NO13/c1-32-20-16-14-12-10-8-6-7-9-11-13-15-17-24-39(61-46-45(57)42(49)44(56)34(3)60-46)27-40-26-38(53)29-48(58,62-40)28-37(52)23-18-21-36(51)22-19-25-41(54)35(30-50)31-59-47(4,5)33(2)43(32)55/h6-17,20,24,30,32-35,37-46,52-58H,18-19,21-23,25-29,31,49H2,1-5H3/b7-6+,10-8+,11-9+,14-12+,15-13+,20-16+,24-17+/t32-,33+,34?,35?,37-,38+,39-,40?,41+,42?,43+,44?,45?,46?,48+/m0/s1. The van der Waals surface area contributed by atoms with Gasteiger partial charge in [0.25, 0.3) is 0 Å². The molecule has 0 amide bonds. The van der Waals surface area contributed by atoms with E-state index in [0.717, 1.165) is 0 Å². The Morgan fingerprint density at radius 1 is 0.742 bits per heavy atom. The number of aldehydes is 1. The molecule has 15 atom stereocenters. The number of ether oxygens (including phenoxy) is 4. The molecule has 0 aromatic heterocycles. The largest absolute Gasteiger partial charge is 0.393 e. The topological polar surface area (TPSA) is 239 Å². The van der Waals surface area contributed by atoms with Crippen molar-refractivity contribution in [2.75, 3.05) is 6.61 Å². The zero-order chi connectivity index (χ0) is 45.9. The molecule has 0 saturated carbocycles. The van der Waals surface area contributed by atoms with Gasteiger partial charge in [-0.05, 0) is 52.9 Å². The van der Waals surface area contributed by atoms with E-state index >= 15 is 0 Å². The van der Waals surface area contributed by atoms with Crippen LogP contribution in [0, 0.1) is 17.8 Å². The van der Waals surface area contributed by atoms with Crippen LogP contribution < -0.4 is 5.73 Å². The highest BCUT2D eigenvalue weighted by Gasteiger charge is 2.44. The molecule has 3 rings (SSSR count). The third kappa shape index (κ3) is 18.3. The number of fused-ring (bicyclic) bond motifs is 2. The highest BCUT2D eigenvalue weighted by Crippen LogP contribution is 2.35. The van der Waals surface area contributed by atoms with Gasteiger partial charge in [0, 0.05) is 43.9 Å². The van der Waals surface area contributed by atoms with Crippen molar-refractivity contribution in [3.8, 4) is 0 Å². The van der Waals surface area contributed by atoms with Crippen LogP contribution in [0.4, 0.5) is 0 Å². The first kappa shape index (κ1) is 53.4. The van der Waals surface area contributed by atoms with Crippen LogP contribution >= 0.6 is 0 Å². The fourth-order valence-electron chi connectivity index (χ4n) is 7.82. The van der Waals surface area contributed by atoms with Crippen LogP contribution in [-0.2, 0) is 28.5 Å². The number of hydrogen-bond donors (Lipinski definition) is 8. The quantitative estimate of drug-likeness (QED) is 0.188. The molecule has 0 aromatic rings. The van der Waals surface area contributed by atoms with E-state index in [9.17, 15) is 45.3 Å². The van der Waals surface area contributed by atoms with Crippen LogP contribution in [0.25, 0.3) is 0 Å². The van der Waals surface area contributed by atoms with Crippen molar-refractivity contribution in [2.45, 2.75) is 177 Å². The van der Waals surface area contributed by atoms with E-state index in [0.29, 0.717) is 19.1 Å². The van der Waals surface area contributed by atoms with Crippen molar-refractivity contribution in [1.29, 1.82) is 0 Å². The first-order valence-corrected chi connectivity index (χ1v) is 22.2. The van der Waals surface area contributed by atoms with Crippen molar-refractivity contribution >= 4 is 12.1 Å². The molecule has 62 heavy (non-hydrogen) atoms. The van der Waals surface area contributed by atoms with Crippen molar-refractivity contribution in [2.24, 2.45) is 23.5 Å². The highest BCUT2D eigenvalue weighted by molar-refractivity contribution is 5.78. The molecule has 0 spiro atoms. The maximum absolute atomic E-state index is 12.7. The van der Waals surface area contributed by atoms with Crippen molar-refractivity contribution in [3.63, 3.8) is 0 Å². The molecule has 350 valence electrons. The third-order valence-corrected chi connectivity index (χ3v) is 12.1. The highest BCUT2D eigenvalue weighted by atomic mass is 16.7. The molecule has 14 nitrogen and oxygen atoms in total. The number of nitrogens with two attached hydrogens (primary N) is 1. The smallest absolute Gasteiger partial charge is 0.186 e. The maximum Gasteiger partial charge on any atom is 0.186 e. The number of rotatable bonds is 3. The molecule has 2 bridgehead atoms. The van der Waals surface area contributed by atoms with Gasteiger partial charge in [-0.15, -0.1) is 0 Å². The SMILES string of the molecule is CC1OC(O[C@H]2/C=C/C=C/C=C/C=C/C=C/C=C/C=C/[C@H](C)[C@@H](O)[C@@H](C)C(C)(C)OCC(C=O)[C@H](O)CCCC(=O)CCC[C@H](O)C[C@]3(O)C[C@H](O)CC(C2)O3)C(O)C(N)C1O. The lowest BCUT2D eigenvalue weighted by molar-refractivity contribution is -0.297. The van der Waals surface area contributed by atoms with Crippen LogP contribution in [0.15, 0.2) is 85.1 Å². The Balaban J connectivity index is 1.76. The molecule has 2 fully saturated rings. The number of aliphatic hydroxyl groups excluding tert-OH is 6. The predicted octanol–water partition coefficient (Wildman–Crippen LogP) is 3.96. The fourth-order valence-corrected chi connectivity index (χ4v) is 7.82. The van der Waals surface area contributed by atoms with Gasteiger partial charge < -0.3 is 65.2 Å². The Labute approximate surface area is 368 Å². The normalized spacial score (nSPS) is 43.3. The molecule has 0 aliphatic carbocycles. The van der Waals surface area contributed by atoms with Gasteiger partial charge in [0.05, 0.1) is 73.0 Å². The van der Waals surface area contributed by atoms with Gasteiger partial charge in [-0.25, -0.2) is 0 Å². The Bertz CT molecular complexity index is 1560. The number of aliphatic hydroxyl groups is 7. The van der Waals surface area contributed by atoms with E-state index < -0.39 is 84.6 Å². The summed E-state index contributed by atoms with van der Waals surface area (Å²) < 4.78 is 24.1. The monoisotopic (exact) mass is 874 g/mol. The number of hydrogen-bond acceptors (Lipinski definition) is 14. The zero-order valence-electron chi connectivity index (χ0n) is 37.2. The van der Waals surface area contributed by atoms with E-state index in [1.165, 1.54) is 0 Å². The zero-order valence-corrected chi connectivity index (χ0v) is 37.2. The lowest BCUT2D eigenvalue weighted by Crippen LogP contribution is -2.61. The molecule has 2 saturated heterocycles. The van der Waals surface area contributed by atoms with E-state index in [2.05, 4.69) is 0 Å². The summed E-state index contributed by atoms with van der Waals surface area (Å²) in [5.74, 6) is -3.23. The average molecular weight is 874 g/mol. The first-order chi connectivity index (χ1) is 29.4. The van der Waals surface area contributed by atoms with E-state index in [-0.39, 0.29) is 75.6 Å². The van der Waals surface area contributed by atoms with E-state index in [1.807, 2.05) is 94.5 Å². The van der Waals surface area contributed by atoms with E-state index in [4.69, 9.17) is 24.7 Å². The lowest BCUT2D eigenvalue weighted by atomic mass is 9.82. The minimum atomic E-state index is -1.86. The molecule has 0 aromatic carbocycles. The number of ketones is 1. The Morgan fingerprint density at radius 2 is 1.29 bits per heavy atom. The Hall–Kier alpha value is -2.96. The molecule has 3 aliphatic rings. The summed E-state index contributed by atoms with van der Waals surface area (Å²) in [5.41, 5.74) is 5.24. The van der Waals surface area contributed by atoms with E-state index in [1.54, 1.807) is 25.2 Å². The summed E-state index contributed by atoms with van der Waals surface area (Å²) in [6.07, 6.45) is 18.3. The molecule has 7 unspecified atom stereocenters. The first-order valence-electron chi connectivity index (χ1n) is 22.2. The summed E-state index contributed by atoms with van der Waals surface area (Å²) in [6, 6.07) is -1.01. The van der Waals surface area contributed by atoms with Gasteiger partial charge in [0.15, 0.2) is 12.1 Å². The number of allylic oxidation sites excluding steroid dienone is 12. The van der Waals surface area contributed by atoms with Gasteiger partial charge in [0.1, 0.15) is 18.2 Å². The van der Waals surface area contributed by atoms with Gasteiger partial charge >= 0.3 is 0 Å². The molecular weight excluding hydrogens is 799 g/mol. The van der Waals surface area contributed by atoms with Crippen molar-refractivity contribution in [1.82, 2.24) is 0 Å². The number of carbonyl (C=O) groups excluding carboxylic acids is 2. The van der Waals surface area contributed by atoms with Crippen LogP contribution in [0.5, 0.6) is 0 Å². The summed E-state index contributed by atoms with van der Waals surface area (Å²) in [7, 11) is 0. The second-order valence-electron chi connectivity index (χ2n) is 17.8. The summed E-state index contributed by atoms with van der Waals surface area (Å²) >= 11 is 0. The average Bonchev–Trinajstić information content (AvgIpc) is 3.20. The number of carbonyl (C=O) groups is 2. The van der Waals surface area contributed by atoms with Gasteiger partial charge in [0.2, 0.25) is 0 Å². The van der Waals surface area contributed by atoms with Crippen LogP contribution in [0.1, 0.15) is 98.8 Å². The van der Waals surface area contributed by atoms with Crippen LogP contribution in [0.3, 0.4) is 0 Å². The fraction of sp³-hybridized carbons (Fsp3) is 0.667. The van der Waals surface area contributed by atoms with Crippen LogP contribution in [-0.4, -0.2) is 133 Å². The predicted molar refractivity (Wildman–Crippen MR) is 236 cm³/mol. The Morgan fingerprint density at radius 3 is 1.89 bits per heavy atom. The third-order valence-electron chi connectivity index (χ3n) is 12.1. The van der Waals surface area contributed by atoms with Gasteiger partial charge in [-0.1, -0.05) is 98.9 Å². The number of Topliss-reactive ketones (excluding diaryl/α,β-unsaturated/α-hetero) is 1. The molecule has 3 aliphatic heterocycles. The van der Waals surface area contributed by atoms with Crippen molar-refractivity contribution in [3.05, 3.63) is 85.1 Å².